The van der Waals surface area contributed by atoms with Crippen LogP contribution in [0.4, 0.5) is 0 Å². The summed E-state index contributed by atoms with van der Waals surface area (Å²) in [6.45, 7) is 0. The van der Waals surface area contributed by atoms with E-state index in [2.05, 4.69) is 27.9 Å². The van der Waals surface area contributed by atoms with Gasteiger partial charge in [-0.15, -0.1) is 0 Å². The Morgan fingerprint density at radius 1 is 1.36 bits per heavy atom. The number of H-pyrrole nitrogens is 1. The molecule has 0 aliphatic carbocycles. The number of carboxylic acid groups (broad SMARTS) is 1. The molecule has 1 aromatic heterocycles. The summed E-state index contributed by atoms with van der Waals surface area (Å²) in [6.07, 6.45) is 0.301. The van der Waals surface area contributed by atoms with E-state index in [1.807, 2.05) is 12.1 Å². The number of carbonyl (C=O) groups is 2. The summed E-state index contributed by atoms with van der Waals surface area (Å²) >= 11 is 3.87. The molecule has 2 aromatic rings. The first kappa shape index (κ1) is 18.5. The number of nitrogens with zero attached hydrogens (tertiary/aromatic N) is 1. The number of thiol groups is 1. The number of aromatic nitrogens is 2. The molecule has 0 saturated heterocycles. The molecule has 0 aliphatic heterocycles. The van der Waals surface area contributed by atoms with Gasteiger partial charge in [-0.1, -0.05) is 12.1 Å². The van der Waals surface area contributed by atoms with Crippen LogP contribution in [0.5, 0.6) is 5.75 Å². The highest BCUT2D eigenvalue weighted by Crippen LogP contribution is 2.13. The third-order valence-corrected chi connectivity index (χ3v) is 3.71. The molecule has 2 rings (SSSR count). The summed E-state index contributed by atoms with van der Waals surface area (Å²) in [7, 11) is 1.56. The number of carbonyl (C=O) groups excluding carboxylic acids is 1. The van der Waals surface area contributed by atoms with Crippen molar-refractivity contribution in [1.29, 1.82) is 0 Å². The van der Waals surface area contributed by atoms with Crippen LogP contribution >= 0.6 is 12.6 Å². The molecule has 1 amide bonds. The van der Waals surface area contributed by atoms with Crippen molar-refractivity contribution < 1.29 is 19.4 Å². The van der Waals surface area contributed by atoms with Gasteiger partial charge in [0.25, 0.3) is 11.5 Å². The molecule has 0 spiro atoms. The van der Waals surface area contributed by atoms with Gasteiger partial charge >= 0.3 is 5.97 Å². The molecule has 1 atom stereocenters. The maximum absolute atomic E-state index is 12.1. The lowest BCUT2D eigenvalue weighted by atomic mass is 10.1. The van der Waals surface area contributed by atoms with Gasteiger partial charge in [-0.05, 0) is 17.7 Å². The number of rotatable bonds is 7. The van der Waals surface area contributed by atoms with E-state index >= 15 is 0 Å². The zero-order valence-corrected chi connectivity index (χ0v) is 14.2. The molecule has 1 unspecified atom stereocenters. The number of benzene rings is 1. The summed E-state index contributed by atoms with van der Waals surface area (Å²) in [5.41, 5.74) is 0.210. The van der Waals surface area contributed by atoms with Crippen LogP contribution in [-0.4, -0.2) is 45.9 Å². The highest BCUT2D eigenvalue weighted by molar-refractivity contribution is 7.80. The predicted octanol–water partition coefficient (Wildman–Crippen LogP) is 0.482. The van der Waals surface area contributed by atoms with Crippen LogP contribution in [0.15, 0.2) is 35.1 Å². The second-order valence-electron chi connectivity index (χ2n) is 5.15. The Morgan fingerprint density at radius 3 is 2.60 bits per heavy atom. The van der Waals surface area contributed by atoms with Crippen LogP contribution < -0.4 is 15.6 Å². The number of amides is 1. The van der Waals surface area contributed by atoms with Crippen molar-refractivity contribution in [3.8, 4) is 5.75 Å². The molecule has 0 fully saturated rings. The van der Waals surface area contributed by atoms with Crippen molar-refractivity contribution in [3.63, 3.8) is 0 Å². The average Bonchev–Trinajstić information content (AvgIpc) is 2.59. The van der Waals surface area contributed by atoms with Crippen molar-refractivity contribution in [3.05, 3.63) is 57.8 Å². The van der Waals surface area contributed by atoms with Crippen molar-refractivity contribution in [2.45, 2.75) is 12.5 Å². The van der Waals surface area contributed by atoms with Crippen molar-refractivity contribution in [2.75, 3.05) is 12.9 Å². The standard InChI is InChI=1S/C16H17N3O5S/c1-24-10-4-2-9(3-5-10)6-13-17-11(7-14(20)19-13)15(21)18-12(8-25)16(22)23/h2-5,7,12,25H,6,8H2,1H3,(H,18,21)(H,22,23)(H,17,19,20). The Bertz CT molecular complexity index is 819. The van der Waals surface area contributed by atoms with Gasteiger partial charge in [-0.25, -0.2) is 9.78 Å². The third kappa shape index (κ3) is 5.08. The number of hydrogen-bond donors (Lipinski definition) is 4. The summed E-state index contributed by atoms with van der Waals surface area (Å²) in [5, 5.41) is 11.2. The summed E-state index contributed by atoms with van der Waals surface area (Å²) in [6, 6.07) is 7.02. The summed E-state index contributed by atoms with van der Waals surface area (Å²) in [5.74, 6) is -1.05. The Hall–Kier alpha value is -2.81. The highest BCUT2D eigenvalue weighted by Gasteiger charge is 2.20. The van der Waals surface area contributed by atoms with E-state index in [1.54, 1.807) is 19.2 Å². The van der Waals surface area contributed by atoms with E-state index in [0.717, 1.165) is 11.6 Å². The highest BCUT2D eigenvalue weighted by atomic mass is 32.1. The average molecular weight is 363 g/mol. The Morgan fingerprint density at radius 2 is 2.04 bits per heavy atom. The monoisotopic (exact) mass is 363 g/mol. The van der Waals surface area contributed by atoms with Gasteiger partial charge in [0, 0.05) is 18.2 Å². The van der Waals surface area contributed by atoms with E-state index in [0.29, 0.717) is 18.0 Å². The van der Waals surface area contributed by atoms with Crippen molar-refractivity contribution in [2.24, 2.45) is 0 Å². The minimum absolute atomic E-state index is 0.0804. The van der Waals surface area contributed by atoms with Gasteiger partial charge < -0.3 is 20.1 Å². The number of ether oxygens (including phenoxy) is 1. The van der Waals surface area contributed by atoms with Crippen molar-refractivity contribution >= 4 is 24.5 Å². The molecule has 25 heavy (non-hydrogen) atoms. The SMILES string of the molecule is COc1ccc(Cc2nc(C(=O)NC(CS)C(=O)O)cc(=O)[nH]2)cc1. The molecular formula is C16H17N3O5S. The molecule has 3 N–H and O–H groups in total. The fraction of sp³-hybridized carbons (Fsp3) is 0.250. The van der Waals surface area contributed by atoms with E-state index in [9.17, 15) is 14.4 Å². The molecular weight excluding hydrogens is 346 g/mol. The first-order valence-electron chi connectivity index (χ1n) is 7.30. The van der Waals surface area contributed by atoms with E-state index < -0.39 is 23.5 Å². The normalized spacial score (nSPS) is 11.6. The number of carboxylic acids is 1. The zero-order chi connectivity index (χ0) is 18.4. The van der Waals surface area contributed by atoms with E-state index in [1.165, 1.54) is 0 Å². The largest absolute Gasteiger partial charge is 0.497 e. The van der Waals surface area contributed by atoms with Gasteiger partial charge in [-0.2, -0.15) is 12.6 Å². The molecule has 1 heterocycles. The molecule has 0 saturated carbocycles. The summed E-state index contributed by atoms with van der Waals surface area (Å²) in [4.78, 5) is 41.5. The fourth-order valence-electron chi connectivity index (χ4n) is 2.06. The van der Waals surface area contributed by atoms with Gasteiger partial charge in [-0.3, -0.25) is 9.59 Å². The lowest BCUT2D eigenvalue weighted by molar-refractivity contribution is -0.138. The molecule has 132 valence electrons. The van der Waals surface area contributed by atoms with Crippen LogP contribution in [0, 0.1) is 0 Å². The first-order valence-corrected chi connectivity index (χ1v) is 7.94. The zero-order valence-electron chi connectivity index (χ0n) is 13.4. The maximum atomic E-state index is 12.1. The molecule has 0 radical (unpaired) electrons. The Kier molecular flexibility index (Phi) is 6.18. The van der Waals surface area contributed by atoms with Crippen LogP contribution in [0.3, 0.4) is 0 Å². The molecule has 9 heteroatoms. The number of hydrogen-bond acceptors (Lipinski definition) is 6. The topological polar surface area (TPSA) is 121 Å². The predicted molar refractivity (Wildman–Crippen MR) is 93.4 cm³/mol. The smallest absolute Gasteiger partial charge is 0.327 e. The van der Waals surface area contributed by atoms with Crippen LogP contribution in [0.1, 0.15) is 21.9 Å². The molecule has 1 aromatic carbocycles. The summed E-state index contributed by atoms with van der Waals surface area (Å²) < 4.78 is 5.08. The molecule has 0 bridgehead atoms. The maximum Gasteiger partial charge on any atom is 0.327 e. The number of aromatic amines is 1. The number of methoxy groups -OCH3 is 1. The fourth-order valence-corrected chi connectivity index (χ4v) is 2.31. The van der Waals surface area contributed by atoms with Gasteiger partial charge in [0.1, 0.15) is 23.3 Å². The molecule has 8 nitrogen and oxygen atoms in total. The van der Waals surface area contributed by atoms with Gasteiger partial charge in [0.05, 0.1) is 7.11 Å². The Labute approximate surface area is 148 Å². The lowest BCUT2D eigenvalue weighted by Crippen LogP contribution is -2.42. The second kappa shape index (κ2) is 8.34. The van der Waals surface area contributed by atoms with Gasteiger partial charge in [0.2, 0.25) is 0 Å². The van der Waals surface area contributed by atoms with E-state index in [-0.39, 0.29) is 11.4 Å². The first-order chi connectivity index (χ1) is 11.9. The van der Waals surface area contributed by atoms with Crippen LogP contribution in [0.25, 0.3) is 0 Å². The third-order valence-electron chi connectivity index (χ3n) is 3.34. The van der Waals surface area contributed by atoms with E-state index in [4.69, 9.17) is 9.84 Å². The number of nitrogens with one attached hydrogen (secondary N) is 2. The Balaban J connectivity index is 2.20. The second-order valence-corrected chi connectivity index (χ2v) is 5.51. The van der Waals surface area contributed by atoms with Crippen LogP contribution in [0.2, 0.25) is 0 Å². The lowest BCUT2D eigenvalue weighted by Gasteiger charge is -2.11. The van der Waals surface area contributed by atoms with Crippen molar-refractivity contribution in [1.82, 2.24) is 15.3 Å². The minimum atomic E-state index is -1.22. The van der Waals surface area contributed by atoms with Crippen LogP contribution in [-0.2, 0) is 11.2 Å². The number of aliphatic carboxylic acids is 1. The molecule has 0 aliphatic rings. The van der Waals surface area contributed by atoms with Gasteiger partial charge in [0.15, 0.2) is 0 Å². The quantitative estimate of drug-likeness (QED) is 0.531. The minimum Gasteiger partial charge on any atom is -0.497 e.